The highest BCUT2D eigenvalue weighted by molar-refractivity contribution is 7.78. The lowest BCUT2D eigenvalue weighted by atomic mass is 9.90. The topological polar surface area (TPSA) is 17.1 Å². The molecule has 0 radical (unpaired) electrons. The number of benzene rings is 4. The Bertz CT molecular complexity index is 1380. The van der Waals surface area contributed by atoms with Gasteiger partial charge >= 0.3 is 0 Å². The molecule has 0 aliphatic carbocycles. The van der Waals surface area contributed by atoms with Crippen LogP contribution in [0.3, 0.4) is 0 Å². The molecule has 0 aromatic heterocycles. The third-order valence-electron chi connectivity index (χ3n) is 7.06. The van der Waals surface area contributed by atoms with Gasteiger partial charge in [-0.1, -0.05) is 135 Å². The SMILES string of the molecule is CCCCC#Cc1c(CCCC)cc(CP(=O)(c2ccccc2)c2ccccc2)cc1-c1ccc(C)cc1. The van der Waals surface area contributed by atoms with Crippen molar-refractivity contribution in [2.75, 3.05) is 0 Å². The summed E-state index contributed by atoms with van der Waals surface area (Å²) in [5, 5.41) is 1.81. The fourth-order valence-corrected chi connectivity index (χ4v) is 7.54. The van der Waals surface area contributed by atoms with Crippen molar-refractivity contribution in [1.82, 2.24) is 0 Å². The van der Waals surface area contributed by atoms with Gasteiger partial charge in [0.2, 0.25) is 0 Å². The van der Waals surface area contributed by atoms with Crippen molar-refractivity contribution in [2.45, 2.75) is 65.5 Å². The van der Waals surface area contributed by atoms with E-state index in [9.17, 15) is 4.57 Å². The third-order valence-corrected chi connectivity index (χ3v) is 10.1. The molecule has 0 saturated heterocycles. The Morgan fingerprint density at radius 1 is 0.737 bits per heavy atom. The lowest BCUT2D eigenvalue weighted by molar-refractivity contribution is 0.586. The minimum Gasteiger partial charge on any atom is -0.313 e. The summed E-state index contributed by atoms with van der Waals surface area (Å²) in [7, 11) is -2.89. The molecule has 0 heterocycles. The van der Waals surface area contributed by atoms with Crippen molar-refractivity contribution >= 4 is 17.8 Å². The van der Waals surface area contributed by atoms with Crippen LogP contribution in [0.15, 0.2) is 97.1 Å². The van der Waals surface area contributed by atoms with Gasteiger partial charge in [0.15, 0.2) is 0 Å². The number of aryl methyl sites for hydroxylation is 2. The summed E-state index contributed by atoms with van der Waals surface area (Å²) in [6, 6.07) is 33.3. The standard InChI is InChI=1S/C36H39OP/c1-4-6-8-15-21-35-32(16-7-5-2)26-30(27-36(35)31-24-22-29(3)23-25-31)28-38(37,33-17-11-9-12-18-33)34-19-13-10-14-20-34/h9-14,17-20,22-27H,4-8,16,28H2,1-3H3. The molecule has 0 spiro atoms. The maximum absolute atomic E-state index is 14.9. The first kappa shape index (κ1) is 27.7. The van der Waals surface area contributed by atoms with Gasteiger partial charge in [-0.05, 0) is 54.5 Å². The highest BCUT2D eigenvalue weighted by Crippen LogP contribution is 2.47. The van der Waals surface area contributed by atoms with Crippen molar-refractivity contribution in [2.24, 2.45) is 0 Å². The first-order valence-electron chi connectivity index (χ1n) is 14.0. The number of unbranched alkanes of at least 4 members (excludes halogenated alkanes) is 3. The molecule has 0 unspecified atom stereocenters. The lowest BCUT2D eigenvalue weighted by Gasteiger charge is -2.21. The molecule has 1 nitrogen and oxygen atoms in total. The molecule has 0 saturated carbocycles. The molecule has 2 heteroatoms. The molecule has 4 aromatic rings. The van der Waals surface area contributed by atoms with Crippen LogP contribution >= 0.6 is 7.14 Å². The van der Waals surface area contributed by atoms with Gasteiger partial charge in [0.1, 0.15) is 7.14 Å². The van der Waals surface area contributed by atoms with Gasteiger partial charge in [0.05, 0.1) is 0 Å². The fraction of sp³-hybridized carbons (Fsp3) is 0.278. The zero-order chi connectivity index (χ0) is 26.8. The van der Waals surface area contributed by atoms with Gasteiger partial charge in [0, 0.05) is 28.8 Å². The maximum Gasteiger partial charge on any atom is 0.147 e. The largest absolute Gasteiger partial charge is 0.313 e. The molecule has 0 aliphatic heterocycles. The number of hydrogen-bond donors (Lipinski definition) is 0. The predicted octanol–water partition coefficient (Wildman–Crippen LogP) is 9.06. The normalized spacial score (nSPS) is 11.1. The summed E-state index contributed by atoms with van der Waals surface area (Å²) in [6.07, 6.45) is 6.87. The quantitative estimate of drug-likeness (QED) is 0.116. The molecular weight excluding hydrogens is 479 g/mol. The van der Waals surface area contributed by atoms with E-state index in [2.05, 4.69) is 69.0 Å². The Hall–Kier alpha value is -3.33. The second-order valence-electron chi connectivity index (χ2n) is 10.1. The van der Waals surface area contributed by atoms with Crippen molar-refractivity contribution in [3.8, 4) is 23.0 Å². The van der Waals surface area contributed by atoms with Crippen LogP contribution in [-0.4, -0.2) is 0 Å². The van der Waals surface area contributed by atoms with Crippen LogP contribution in [-0.2, 0) is 17.1 Å². The summed E-state index contributed by atoms with van der Waals surface area (Å²) < 4.78 is 14.9. The van der Waals surface area contributed by atoms with Crippen LogP contribution < -0.4 is 10.6 Å². The van der Waals surface area contributed by atoms with Crippen LogP contribution in [0.4, 0.5) is 0 Å². The van der Waals surface area contributed by atoms with E-state index < -0.39 is 7.14 Å². The van der Waals surface area contributed by atoms with Crippen molar-refractivity contribution < 1.29 is 4.57 Å². The summed E-state index contributed by atoms with van der Waals surface area (Å²) >= 11 is 0. The minimum absolute atomic E-state index is 0.489. The second kappa shape index (κ2) is 13.5. The number of rotatable bonds is 10. The highest BCUT2D eigenvalue weighted by Gasteiger charge is 2.28. The first-order chi connectivity index (χ1) is 18.5. The molecule has 0 atom stereocenters. The summed E-state index contributed by atoms with van der Waals surface area (Å²) in [4.78, 5) is 0. The van der Waals surface area contributed by atoms with Crippen molar-refractivity contribution in [3.63, 3.8) is 0 Å². The number of hydrogen-bond acceptors (Lipinski definition) is 1. The Balaban J connectivity index is 1.89. The van der Waals surface area contributed by atoms with E-state index in [1.54, 1.807) is 0 Å². The highest BCUT2D eigenvalue weighted by atomic mass is 31.2. The van der Waals surface area contributed by atoms with Gasteiger partial charge < -0.3 is 4.57 Å². The second-order valence-corrected chi connectivity index (χ2v) is 12.9. The minimum atomic E-state index is -2.89. The smallest absolute Gasteiger partial charge is 0.147 e. The molecule has 0 fully saturated rings. The Morgan fingerprint density at radius 2 is 1.34 bits per heavy atom. The average Bonchev–Trinajstić information content (AvgIpc) is 2.96. The van der Waals surface area contributed by atoms with Gasteiger partial charge in [0.25, 0.3) is 0 Å². The lowest BCUT2D eigenvalue weighted by Crippen LogP contribution is -2.17. The van der Waals surface area contributed by atoms with Gasteiger partial charge in [-0.15, -0.1) is 0 Å². The molecule has 0 N–H and O–H groups in total. The zero-order valence-electron chi connectivity index (χ0n) is 23.0. The molecule has 4 aromatic carbocycles. The summed E-state index contributed by atoms with van der Waals surface area (Å²) in [5.74, 6) is 7.03. The van der Waals surface area contributed by atoms with Crippen LogP contribution in [0.25, 0.3) is 11.1 Å². The maximum atomic E-state index is 14.9. The molecule has 0 aliphatic rings. The van der Waals surface area contributed by atoms with Gasteiger partial charge in [-0.3, -0.25) is 0 Å². The predicted molar refractivity (Wildman–Crippen MR) is 165 cm³/mol. The van der Waals surface area contributed by atoms with E-state index in [4.69, 9.17) is 0 Å². The van der Waals surface area contributed by atoms with E-state index in [0.29, 0.717) is 6.16 Å². The van der Waals surface area contributed by atoms with Gasteiger partial charge in [-0.25, -0.2) is 0 Å². The third kappa shape index (κ3) is 6.75. The van der Waals surface area contributed by atoms with Gasteiger partial charge in [-0.2, -0.15) is 0 Å². The van der Waals surface area contributed by atoms with Crippen molar-refractivity contribution in [3.05, 3.63) is 119 Å². The van der Waals surface area contributed by atoms with Crippen molar-refractivity contribution in [1.29, 1.82) is 0 Å². The molecule has 0 bridgehead atoms. The molecular formula is C36H39OP. The Kier molecular flexibility index (Phi) is 9.81. The van der Waals surface area contributed by atoms with Crippen LogP contribution in [0, 0.1) is 18.8 Å². The molecule has 4 rings (SSSR count). The first-order valence-corrected chi connectivity index (χ1v) is 15.9. The fourth-order valence-electron chi connectivity index (χ4n) is 4.87. The van der Waals surface area contributed by atoms with E-state index in [-0.39, 0.29) is 0 Å². The Labute approximate surface area is 229 Å². The van der Waals surface area contributed by atoms with E-state index in [1.807, 2.05) is 60.7 Å². The average molecular weight is 519 g/mol. The molecule has 194 valence electrons. The van der Waals surface area contributed by atoms with Crippen LogP contribution in [0.1, 0.15) is 68.2 Å². The zero-order valence-corrected chi connectivity index (χ0v) is 23.9. The van der Waals surface area contributed by atoms with E-state index >= 15 is 0 Å². The summed E-state index contributed by atoms with van der Waals surface area (Å²) in [6.45, 7) is 6.56. The molecule has 38 heavy (non-hydrogen) atoms. The van der Waals surface area contributed by atoms with E-state index in [1.165, 1.54) is 16.7 Å². The monoisotopic (exact) mass is 518 g/mol. The summed E-state index contributed by atoms with van der Waals surface area (Å²) in [5.41, 5.74) is 7.09. The van der Waals surface area contributed by atoms with Crippen LogP contribution in [0.2, 0.25) is 0 Å². The van der Waals surface area contributed by atoms with E-state index in [0.717, 1.165) is 65.8 Å². The molecule has 0 amide bonds. The van der Waals surface area contributed by atoms with Crippen LogP contribution in [0.5, 0.6) is 0 Å². The Morgan fingerprint density at radius 3 is 1.92 bits per heavy atom.